The van der Waals surface area contributed by atoms with Crippen molar-refractivity contribution in [2.45, 2.75) is 0 Å². The molecule has 0 amide bonds. The summed E-state index contributed by atoms with van der Waals surface area (Å²) < 4.78 is 0. The maximum absolute atomic E-state index is 9.26. The van der Waals surface area contributed by atoms with E-state index in [1.165, 1.54) is 5.98 Å². The van der Waals surface area contributed by atoms with Gasteiger partial charge in [-0.2, -0.15) is 0 Å². The van der Waals surface area contributed by atoms with Crippen LogP contribution in [0.2, 0.25) is 5.02 Å². The largest absolute Gasteiger partial charge is 0.443 e. The lowest BCUT2D eigenvalue weighted by atomic mass is 9.62. The lowest BCUT2D eigenvalue weighted by molar-refractivity contribution is 0.599. The summed E-state index contributed by atoms with van der Waals surface area (Å²) in [6, 6.07) is 7.02. The van der Waals surface area contributed by atoms with Crippen LogP contribution in [-0.4, -0.2) is 11.9 Å². The highest BCUT2D eigenvalue weighted by Crippen LogP contribution is 2.03. The quantitative estimate of drug-likeness (QED) is 0.656. The fraction of sp³-hybridized carbons (Fsp3) is 0. The highest BCUT2D eigenvalue weighted by Gasteiger charge is 2.07. The molecule has 0 aliphatic carbocycles. The predicted molar refractivity (Wildman–Crippen MR) is 49.3 cm³/mol. The van der Waals surface area contributed by atoms with E-state index in [1.54, 1.807) is 24.3 Å². The van der Waals surface area contributed by atoms with Crippen LogP contribution in [0.3, 0.4) is 0 Å². The van der Waals surface area contributed by atoms with Crippen LogP contribution in [0, 0.1) is 0 Å². The van der Waals surface area contributed by atoms with Gasteiger partial charge in [-0.05, 0) is 17.6 Å². The van der Waals surface area contributed by atoms with Gasteiger partial charge in [-0.15, -0.1) is 6.58 Å². The summed E-state index contributed by atoms with van der Waals surface area (Å²) in [4.78, 5) is 0. The van der Waals surface area contributed by atoms with E-state index in [2.05, 4.69) is 6.58 Å². The fourth-order valence-electron chi connectivity index (χ4n) is 0.796. The van der Waals surface area contributed by atoms with E-state index < -0.39 is 6.92 Å². The molecule has 0 saturated carbocycles. The number of hydrogen-bond donors (Lipinski definition) is 1. The summed E-state index contributed by atoms with van der Waals surface area (Å²) >= 11 is 5.65. The SMILES string of the molecule is C=CB(O)c1ccc(Cl)cc1. The van der Waals surface area contributed by atoms with Gasteiger partial charge in [0.05, 0.1) is 0 Å². The van der Waals surface area contributed by atoms with E-state index in [1.807, 2.05) is 0 Å². The van der Waals surface area contributed by atoms with Gasteiger partial charge in [-0.25, -0.2) is 0 Å². The van der Waals surface area contributed by atoms with Gasteiger partial charge in [-0.3, -0.25) is 0 Å². The topological polar surface area (TPSA) is 20.2 Å². The van der Waals surface area contributed by atoms with Crippen molar-refractivity contribution < 1.29 is 5.02 Å². The van der Waals surface area contributed by atoms with Crippen molar-refractivity contribution >= 4 is 24.0 Å². The minimum atomic E-state index is -0.590. The Morgan fingerprint density at radius 3 is 2.36 bits per heavy atom. The molecule has 3 heteroatoms. The minimum absolute atomic E-state index is 0.590. The summed E-state index contributed by atoms with van der Waals surface area (Å²) in [5.41, 5.74) is 0.810. The van der Waals surface area contributed by atoms with Crippen molar-refractivity contribution in [3.05, 3.63) is 41.8 Å². The first kappa shape index (κ1) is 8.37. The van der Waals surface area contributed by atoms with Crippen LogP contribution in [0.4, 0.5) is 0 Å². The molecule has 0 aliphatic rings. The summed E-state index contributed by atoms with van der Waals surface area (Å²) in [6.45, 7) is 2.89. The van der Waals surface area contributed by atoms with E-state index >= 15 is 0 Å². The summed E-state index contributed by atoms with van der Waals surface area (Å²) in [6.07, 6.45) is 0. The molecule has 0 atom stereocenters. The number of benzene rings is 1. The zero-order valence-corrected chi connectivity index (χ0v) is 6.75. The van der Waals surface area contributed by atoms with Gasteiger partial charge in [0.2, 0.25) is 0 Å². The Hall–Kier alpha value is -0.725. The Kier molecular flexibility index (Phi) is 2.74. The average molecular weight is 166 g/mol. The molecule has 0 radical (unpaired) electrons. The maximum Gasteiger partial charge on any atom is 0.350 e. The number of hydrogen-bond acceptors (Lipinski definition) is 1. The maximum atomic E-state index is 9.26. The Labute approximate surface area is 71.4 Å². The van der Waals surface area contributed by atoms with Crippen LogP contribution < -0.4 is 5.46 Å². The van der Waals surface area contributed by atoms with Gasteiger partial charge in [0.1, 0.15) is 0 Å². The van der Waals surface area contributed by atoms with Gasteiger partial charge < -0.3 is 5.02 Å². The number of rotatable bonds is 2. The Balaban J connectivity index is 2.89. The molecule has 1 aromatic carbocycles. The molecule has 1 nitrogen and oxygen atoms in total. The van der Waals surface area contributed by atoms with Crippen LogP contribution >= 0.6 is 11.6 Å². The van der Waals surface area contributed by atoms with Crippen molar-refractivity contribution in [1.29, 1.82) is 0 Å². The molecule has 0 aromatic heterocycles. The van der Waals surface area contributed by atoms with Crippen molar-refractivity contribution in [2.75, 3.05) is 0 Å². The Bertz CT molecular complexity index is 245. The molecule has 1 aromatic rings. The molecule has 0 saturated heterocycles. The standard InChI is InChI=1S/C8H8BClO/c1-2-9(11)7-3-5-8(10)6-4-7/h2-6,11H,1H2. The minimum Gasteiger partial charge on any atom is -0.443 e. The smallest absolute Gasteiger partial charge is 0.350 e. The fourth-order valence-corrected chi connectivity index (χ4v) is 0.922. The first-order chi connectivity index (χ1) is 5.24. The van der Waals surface area contributed by atoms with Crippen molar-refractivity contribution in [3.8, 4) is 0 Å². The zero-order valence-electron chi connectivity index (χ0n) is 6.00. The van der Waals surface area contributed by atoms with E-state index in [0.29, 0.717) is 5.02 Å². The summed E-state index contributed by atoms with van der Waals surface area (Å²) in [7, 11) is 0. The normalized spacial score (nSPS) is 9.27. The second-order valence-electron chi connectivity index (χ2n) is 2.23. The molecule has 1 rings (SSSR count). The van der Waals surface area contributed by atoms with Gasteiger partial charge in [0.25, 0.3) is 0 Å². The van der Waals surface area contributed by atoms with Gasteiger partial charge in [-0.1, -0.05) is 29.7 Å². The van der Waals surface area contributed by atoms with Gasteiger partial charge in [0.15, 0.2) is 0 Å². The molecule has 1 N–H and O–H groups in total. The lowest BCUT2D eigenvalue weighted by Crippen LogP contribution is -2.27. The third-order valence-corrected chi connectivity index (χ3v) is 1.69. The second-order valence-corrected chi connectivity index (χ2v) is 2.67. The van der Waals surface area contributed by atoms with Crippen LogP contribution in [0.5, 0.6) is 0 Å². The van der Waals surface area contributed by atoms with E-state index in [-0.39, 0.29) is 0 Å². The van der Waals surface area contributed by atoms with Crippen LogP contribution in [0.25, 0.3) is 0 Å². The monoisotopic (exact) mass is 166 g/mol. The van der Waals surface area contributed by atoms with Crippen molar-refractivity contribution in [1.82, 2.24) is 0 Å². The summed E-state index contributed by atoms with van der Waals surface area (Å²) in [5.74, 6) is 1.48. The third kappa shape index (κ3) is 2.10. The van der Waals surface area contributed by atoms with E-state index in [4.69, 9.17) is 11.6 Å². The average Bonchev–Trinajstić information content (AvgIpc) is 2.05. The summed E-state index contributed by atoms with van der Waals surface area (Å²) in [5, 5.41) is 9.93. The molecule has 0 aliphatic heterocycles. The predicted octanol–water partition coefficient (Wildman–Crippen LogP) is 1.26. The highest BCUT2D eigenvalue weighted by atomic mass is 35.5. The van der Waals surface area contributed by atoms with Crippen LogP contribution in [0.1, 0.15) is 0 Å². The van der Waals surface area contributed by atoms with E-state index in [0.717, 1.165) is 5.46 Å². The second kappa shape index (κ2) is 3.60. The lowest BCUT2D eigenvalue weighted by Gasteiger charge is -1.99. The molecular formula is C8H8BClO. The first-order valence-corrected chi connectivity index (χ1v) is 3.68. The Morgan fingerprint density at radius 1 is 1.36 bits per heavy atom. The van der Waals surface area contributed by atoms with Crippen LogP contribution in [-0.2, 0) is 0 Å². The molecule has 56 valence electrons. The first-order valence-electron chi connectivity index (χ1n) is 3.30. The Morgan fingerprint density at radius 2 is 1.91 bits per heavy atom. The molecule has 0 spiro atoms. The molecule has 0 bridgehead atoms. The molecule has 0 fully saturated rings. The number of halogens is 1. The zero-order chi connectivity index (χ0) is 8.27. The molecule has 0 unspecified atom stereocenters. The van der Waals surface area contributed by atoms with Crippen molar-refractivity contribution in [2.24, 2.45) is 0 Å². The van der Waals surface area contributed by atoms with Gasteiger partial charge >= 0.3 is 6.92 Å². The van der Waals surface area contributed by atoms with Crippen LogP contribution in [0.15, 0.2) is 36.8 Å². The van der Waals surface area contributed by atoms with Crippen molar-refractivity contribution in [3.63, 3.8) is 0 Å². The third-order valence-electron chi connectivity index (χ3n) is 1.43. The molecule has 11 heavy (non-hydrogen) atoms. The highest BCUT2D eigenvalue weighted by molar-refractivity contribution is 6.70. The van der Waals surface area contributed by atoms with Gasteiger partial charge in [0, 0.05) is 5.02 Å². The molecule has 0 heterocycles. The molecular weight excluding hydrogens is 158 g/mol. The van der Waals surface area contributed by atoms with E-state index in [9.17, 15) is 5.02 Å².